The predicted octanol–water partition coefficient (Wildman–Crippen LogP) is 23.0. The quantitative estimate of drug-likeness (QED) is 0.0261. The fourth-order valence-corrected chi connectivity index (χ4v) is 8.26. The van der Waals surface area contributed by atoms with Gasteiger partial charge in [0.25, 0.3) is 0 Å². The molecule has 0 aromatic carbocycles. The van der Waals surface area contributed by atoms with E-state index in [1.165, 1.54) is 38.5 Å². The average molecular weight is 1140 g/mol. The van der Waals surface area contributed by atoms with E-state index in [1.807, 2.05) is 0 Å². The number of unbranched alkanes of at least 4 members (excludes halogenated alkanes) is 14. The van der Waals surface area contributed by atoms with Crippen molar-refractivity contribution >= 4 is 17.9 Å². The first kappa shape index (κ1) is 77.2. The third kappa shape index (κ3) is 66.9. The molecule has 0 N–H and O–H groups in total. The molecule has 0 spiro atoms. The predicted molar refractivity (Wildman–Crippen MR) is 361 cm³/mol. The number of esters is 3. The van der Waals surface area contributed by atoms with Gasteiger partial charge in [0, 0.05) is 19.3 Å². The summed E-state index contributed by atoms with van der Waals surface area (Å²) in [6.07, 6.45) is 104. The minimum Gasteiger partial charge on any atom is -0.462 e. The molecule has 0 aliphatic heterocycles. The molecule has 0 fully saturated rings. The number of carbonyl (C=O) groups excluding carboxylic acids is 3. The minimum absolute atomic E-state index is 0.118. The molecule has 1 atom stereocenters. The summed E-state index contributed by atoms with van der Waals surface area (Å²) >= 11 is 0. The van der Waals surface area contributed by atoms with Crippen LogP contribution in [0.15, 0.2) is 194 Å². The van der Waals surface area contributed by atoms with E-state index in [2.05, 4.69) is 215 Å². The van der Waals surface area contributed by atoms with Crippen LogP contribution in [0.1, 0.15) is 252 Å². The van der Waals surface area contributed by atoms with Gasteiger partial charge in [-0.15, -0.1) is 0 Å². The molecule has 0 saturated heterocycles. The van der Waals surface area contributed by atoms with Crippen molar-refractivity contribution in [2.75, 3.05) is 13.2 Å². The Kier molecular flexibility index (Phi) is 64.0. The highest BCUT2D eigenvalue weighted by molar-refractivity contribution is 5.71. The second-order valence-corrected chi connectivity index (χ2v) is 20.9. The molecule has 0 bridgehead atoms. The van der Waals surface area contributed by atoms with Crippen LogP contribution in [0.25, 0.3) is 0 Å². The first-order valence-corrected chi connectivity index (χ1v) is 32.9. The van der Waals surface area contributed by atoms with E-state index in [9.17, 15) is 14.4 Å². The summed E-state index contributed by atoms with van der Waals surface area (Å²) < 4.78 is 16.9. The zero-order chi connectivity index (χ0) is 59.9. The summed E-state index contributed by atoms with van der Waals surface area (Å²) in [7, 11) is 0. The zero-order valence-corrected chi connectivity index (χ0v) is 52.9. The first-order valence-electron chi connectivity index (χ1n) is 32.9. The Hall–Kier alpha value is -5.75. The fraction of sp³-hybridized carbons (Fsp3) is 0.545. The molecule has 0 saturated carbocycles. The van der Waals surface area contributed by atoms with Gasteiger partial charge in [-0.2, -0.15) is 0 Å². The van der Waals surface area contributed by atoms with Gasteiger partial charge in [-0.05, 0) is 161 Å². The molecule has 0 aromatic heterocycles. The smallest absolute Gasteiger partial charge is 0.306 e. The highest BCUT2D eigenvalue weighted by Crippen LogP contribution is 2.14. The van der Waals surface area contributed by atoms with Crippen molar-refractivity contribution in [1.82, 2.24) is 0 Å². The van der Waals surface area contributed by atoms with Crippen LogP contribution >= 0.6 is 0 Å². The standard InChI is InChI=1S/C77H118O6/c1-4-7-10-13-16-19-22-25-28-30-32-33-34-35-36-37-38-39-40-41-42-43-45-46-49-52-55-58-61-64-67-70-76(79)82-73-74(72-81-75(78)69-66-63-60-57-54-51-48-27-24-21-18-15-12-9-6-3)83-77(80)71-68-65-62-59-56-53-50-47-44-31-29-26-23-20-17-14-11-8-5-2/h7-12,16-21,25-29,32-33,35-36,38-39,41-42,44,47-48,53-54,56-57,74H,4-6,13-15,22-24,30-31,34,37,40,43,45-46,49-52,55,58-73H2,1-3H3/b10-7-,11-8-,12-9-,19-16-,20-17-,21-18-,28-25-,29-26-,33-32-,36-35-,39-38-,42-41-,47-44-,48-27-,56-53-,57-54-. The van der Waals surface area contributed by atoms with Crippen LogP contribution in [0, 0.1) is 0 Å². The number of hydrogen-bond donors (Lipinski definition) is 0. The summed E-state index contributed by atoms with van der Waals surface area (Å²) in [5.41, 5.74) is 0. The lowest BCUT2D eigenvalue weighted by Crippen LogP contribution is -2.30. The van der Waals surface area contributed by atoms with Crippen molar-refractivity contribution in [3.8, 4) is 0 Å². The van der Waals surface area contributed by atoms with Gasteiger partial charge in [0.2, 0.25) is 0 Å². The maximum Gasteiger partial charge on any atom is 0.306 e. The molecule has 0 aromatic rings. The van der Waals surface area contributed by atoms with Crippen molar-refractivity contribution in [3.63, 3.8) is 0 Å². The first-order chi connectivity index (χ1) is 41.0. The SMILES string of the molecule is CC/C=C\C/C=C\C/C=C\C/C=C\C/C=C\C/C=C\C/C=C\CCCCCCCCCCCC(=O)OCC(COC(=O)CCCC/C=C\C/C=C\C/C=C\C/C=C\CC)OC(=O)CCCCC/C=C\C/C=C\C/C=C\C/C=C\C/C=C\CC. The van der Waals surface area contributed by atoms with E-state index >= 15 is 0 Å². The van der Waals surface area contributed by atoms with Crippen LogP contribution in [0.4, 0.5) is 0 Å². The highest BCUT2D eigenvalue weighted by atomic mass is 16.6. The molecule has 0 heterocycles. The Bertz CT molecular complexity index is 1990. The van der Waals surface area contributed by atoms with Crippen molar-refractivity contribution in [3.05, 3.63) is 194 Å². The van der Waals surface area contributed by atoms with E-state index in [0.717, 1.165) is 161 Å². The Morgan fingerprint density at radius 2 is 0.434 bits per heavy atom. The number of hydrogen-bond acceptors (Lipinski definition) is 6. The van der Waals surface area contributed by atoms with E-state index < -0.39 is 6.10 Å². The maximum absolute atomic E-state index is 12.9. The van der Waals surface area contributed by atoms with Crippen molar-refractivity contribution < 1.29 is 28.6 Å². The van der Waals surface area contributed by atoms with Crippen molar-refractivity contribution in [1.29, 1.82) is 0 Å². The largest absolute Gasteiger partial charge is 0.462 e. The normalized spacial score (nSPS) is 13.4. The van der Waals surface area contributed by atoms with Crippen molar-refractivity contribution in [2.24, 2.45) is 0 Å². The third-order valence-electron chi connectivity index (χ3n) is 13.1. The molecule has 6 heteroatoms. The van der Waals surface area contributed by atoms with E-state index in [1.54, 1.807) is 0 Å². The Labute approximate surface area is 509 Å². The molecule has 0 aliphatic rings. The minimum atomic E-state index is -0.828. The molecule has 0 amide bonds. The molecule has 0 rings (SSSR count). The van der Waals surface area contributed by atoms with Gasteiger partial charge >= 0.3 is 17.9 Å². The molecule has 462 valence electrons. The van der Waals surface area contributed by atoms with Gasteiger partial charge in [-0.25, -0.2) is 0 Å². The molecule has 0 aliphatic carbocycles. The summed E-state index contributed by atoms with van der Waals surface area (Å²) in [6, 6.07) is 0. The van der Waals surface area contributed by atoms with E-state index in [-0.39, 0.29) is 44.0 Å². The fourth-order valence-electron chi connectivity index (χ4n) is 8.26. The molecular formula is C77H118O6. The van der Waals surface area contributed by atoms with Gasteiger partial charge < -0.3 is 14.2 Å². The Morgan fingerprint density at radius 1 is 0.241 bits per heavy atom. The van der Waals surface area contributed by atoms with Crippen LogP contribution in [-0.4, -0.2) is 37.2 Å². The molecule has 6 nitrogen and oxygen atoms in total. The monoisotopic (exact) mass is 1140 g/mol. The Balaban J connectivity index is 4.44. The number of allylic oxidation sites excluding steroid dienone is 32. The summed E-state index contributed by atoms with van der Waals surface area (Å²) in [5.74, 6) is -1.01. The molecule has 1 unspecified atom stereocenters. The maximum atomic E-state index is 12.9. The number of carbonyl (C=O) groups is 3. The molecule has 0 radical (unpaired) electrons. The average Bonchev–Trinajstić information content (AvgIpc) is 3.49. The Morgan fingerprint density at radius 3 is 0.711 bits per heavy atom. The van der Waals surface area contributed by atoms with Gasteiger partial charge in [-0.3, -0.25) is 14.4 Å². The number of rotatable bonds is 57. The molecular weight excluding hydrogens is 1020 g/mol. The van der Waals surface area contributed by atoms with Crippen LogP contribution in [0.5, 0.6) is 0 Å². The van der Waals surface area contributed by atoms with Crippen LogP contribution in [0.2, 0.25) is 0 Å². The van der Waals surface area contributed by atoms with Crippen LogP contribution in [0.3, 0.4) is 0 Å². The topological polar surface area (TPSA) is 78.9 Å². The van der Waals surface area contributed by atoms with Gasteiger partial charge in [0.1, 0.15) is 13.2 Å². The van der Waals surface area contributed by atoms with Gasteiger partial charge in [0.05, 0.1) is 0 Å². The third-order valence-corrected chi connectivity index (χ3v) is 13.1. The lowest BCUT2D eigenvalue weighted by Gasteiger charge is -2.18. The van der Waals surface area contributed by atoms with Gasteiger partial charge in [-0.1, -0.05) is 267 Å². The lowest BCUT2D eigenvalue weighted by molar-refractivity contribution is -0.167. The summed E-state index contributed by atoms with van der Waals surface area (Å²) in [4.78, 5) is 38.3. The second-order valence-electron chi connectivity index (χ2n) is 20.9. The zero-order valence-electron chi connectivity index (χ0n) is 52.9. The second kappa shape index (κ2) is 68.7. The molecule has 83 heavy (non-hydrogen) atoms. The van der Waals surface area contributed by atoms with Gasteiger partial charge in [0.15, 0.2) is 6.10 Å². The van der Waals surface area contributed by atoms with Crippen LogP contribution < -0.4 is 0 Å². The highest BCUT2D eigenvalue weighted by Gasteiger charge is 2.19. The summed E-state index contributed by atoms with van der Waals surface area (Å²) in [6.45, 7) is 6.22. The lowest BCUT2D eigenvalue weighted by atomic mass is 10.1. The number of ether oxygens (including phenoxy) is 3. The van der Waals surface area contributed by atoms with Crippen LogP contribution in [-0.2, 0) is 28.6 Å². The summed E-state index contributed by atoms with van der Waals surface area (Å²) in [5, 5.41) is 0. The van der Waals surface area contributed by atoms with E-state index in [0.29, 0.717) is 19.3 Å². The van der Waals surface area contributed by atoms with Crippen molar-refractivity contribution in [2.45, 2.75) is 258 Å². The van der Waals surface area contributed by atoms with E-state index in [4.69, 9.17) is 14.2 Å².